The number of halogens is 3. The van der Waals surface area contributed by atoms with Crippen LogP contribution in [0.3, 0.4) is 0 Å². The number of hydrogen-bond acceptors (Lipinski definition) is 3. The zero-order valence-corrected chi connectivity index (χ0v) is 8.54. The van der Waals surface area contributed by atoms with Crippen LogP contribution in [0, 0.1) is 10.1 Å². The fourth-order valence-corrected chi connectivity index (χ4v) is 1.16. The molecule has 0 unspecified atom stereocenters. The Morgan fingerprint density at radius 1 is 1.41 bits per heavy atom. The van der Waals surface area contributed by atoms with Gasteiger partial charge in [-0.25, -0.2) is 0 Å². The number of anilines is 1. The van der Waals surface area contributed by atoms with Crippen molar-refractivity contribution < 1.29 is 22.9 Å². The maximum Gasteiger partial charge on any atom is 0.416 e. The number of carbonyl (C=O) groups is 1. The van der Waals surface area contributed by atoms with E-state index >= 15 is 0 Å². The second-order valence-corrected chi connectivity index (χ2v) is 3.17. The van der Waals surface area contributed by atoms with E-state index in [1.165, 1.54) is 0 Å². The van der Waals surface area contributed by atoms with Crippen LogP contribution in [-0.2, 0) is 11.0 Å². The molecule has 0 radical (unpaired) electrons. The molecule has 1 aromatic rings. The largest absolute Gasteiger partial charge is 0.416 e. The molecule has 0 aliphatic heterocycles. The number of nitrogens with one attached hydrogen (secondary N) is 1. The fourth-order valence-electron chi connectivity index (χ4n) is 1.16. The third-order valence-electron chi connectivity index (χ3n) is 1.83. The zero-order valence-electron chi connectivity index (χ0n) is 8.54. The topological polar surface area (TPSA) is 72.2 Å². The minimum absolute atomic E-state index is 0.475. The van der Waals surface area contributed by atoms with Gasteiger partial charge in [-0.2, -0.15) is 13.2 Å². The summed E-state index contributed by atoms with van der Waals surface area (Å²) in [5.41, 5.74) is -2.13. The summed E-state index contributed by atoms with van der Waals surface area (Å²) in [6, 6.07) is 1.82. The van der Waals surface area contributed by atoms with Crippen molar-refractivity contribution >= 4 is 17.3 Å². The van der Waals surface area contributed by atoms with Crippen LogP contribution in [-0.4, -0.2) is 10.8 Å². The molecule has 0 heterocycles. The molecule has 1 aromatic carbocycles. The summed E-state index contributed by atoms with van der Waals surface area (Å²) >= 11 is 0. The van der Waals surface area contributed by atoms with Crippen molar-refractivity contribution in [2.75, 3.05) is 5.32 Å². The third kappa shape index (κ3) is 3.16. The van der Waals surface area contributed by atoms with Gasteiger partial charge in [0, 0.05) is 13.0 Å². The molecule has 0 atom stereocenters. The maximum atomic E-state index is 12.4. The molecule has 1 rings (SSSR count). The van der Waals surface area contributed by atoms with Crippen molar-refractivity contribution in [3.63, 3.8) is 0 Å². The third-order valence-corrected chi connectivity index (χ3v) is 1.83. The van der Waals surface area contributed by atoms with E-state index in [0.29, 0.717) is 18.2 Å². The molecule has 0 spiro atoms. The van der Waals surface area contributed by atoms with Crippen LogP contribution < -0.4 is 5.32 Å². The lowest BCUT2D eigenvalue weighted by atomic mass is 10.1. The van der Waals surface area contributed by atoms with Crippen LogP contribution in [0.5, 0.6) is 0 Å². The Bertz CT molecular complexity index is 471. The normalized spacial score (nSPS) is 11.1. The molecule has 8 heteroatoms. The van der Waals surface area contributed by atoms with E-state index in [1.54, 1.807) is 0 Å². The van der Waals surface area contributed by atoms with Crippen molar-refractivity contribution in [2.45, 2.75) is 13.1 Å². The summed E-state index contributed by atoms with van der Waals surface area (Å²) < 4.78 is 37.1. The Morgan fingerprint density at radius 2 is 2.00 bits per heavy atom. The molecule has 0 aliphatic rings. The summed E-state index contributed by atoms with van der Waals surface area (Å²) in [6.45, 7) is 1.05. The highest BCUT2D eigenvalue weighted by Gasteiger charge is 2.32. The predicted octanol–water partition coefficient (Wildman–Crippen LogP) is 2.57. The van der Waals surface area contributed by atoms with E-state index in [2.05, 4.69) is 0 Å². The van der Waals surface area contributed by atoms with Crippen molar-refractivity contribution in [1.82, 2.24) is 0 Å². The van der Waals surface area contributed by atoms with Crippen molar-refractivity contribution in [3.05, 3.63) is 33.9 Å². The number of nitro benzene ring substituents is 1. The van der Waals surface area contributed by atoms with Gasteiger partial charge in [-0.15, -0.1) is 0 Å². The van der Waals surface area contributed by atoms with E-state index in [1.807, 2.05) is 5.32 Å². The van der Waals surface area contributed by atoms with Gasteiger partial charge in [-0.1, -0.05) is 0 Å². The number of nitro groups is 1. The first-order valence-electron chi connectivity index (χ1n) is 4.35. The summed E-state index contributed by atoms with van der Waals surface area (Å²) in [6.07, 6.45) is -4.62. The lowest BCUT2D eigenvalue weighted by molar-refractivity contribution is -0.384. The number of carbonyl (C=O) groups excluding carboxylic acids is 1. The van der Waals surface area contributed by atoms with Gasteiger partial charge in [0.2, 0.25) is 5.91 Å². The molecule has 0 fully saturated rings. The lowest BCUT2D eigenvalue weighted by Gasteiger charge is -2.09. The smallest absolute Gasteiger partial charge is 0.321 e. The van der Waals surface area contributed by atoms with Crippen LogP contribution in [0.1, 0.15) is 12.5 Å². The van der Waals surface area contributed by atoms with E-state index < -0.39 is 33.9 Å². The summed E-state index contributed by atoms with van der Waals surface area (Å²) in [5, 5.41) is 12.5. The van der Waals surface area contributed by atoms with Gasteiger partial charge in [0.05, 0.1) is 10.5 Å². The second kappa shape index (κ2) is 4.40. The molecule has 0 saturated carbocycles. The molecule has 0 aromatic heterocycles. The number of nitrogens with zero attached hydrogens (tertiary/aromatic N) is 1. The Hall–Kier alpha value is -2.12. The SMILES string of the molecule is CC(=O)Nc1cc(C(F)(F)F)ccc1[N+](=O)[O-]. The Kier molecular flexibility index (Phi) is 3.35. The van der Waals surface area contributed by atoms with Gasteiger partial charge < -0.3 is 5.32 Å². The van der Waals surface area contributed by atoms with Crippen LogP contribution >= 0.6 is 0 Å². The molecular weight excluding hydrogens is 241 g/mol. The first-order chi connectivity index (χ1) is 7.71. The van der Waals surface area contributed by atoms with Gasteiger partial charge in [-0.05, 0) is 12.1 Å². The number of alkyl halides is 3. The van der Waals surface area contributed by atoms with Gasteiger partial charge in [0.1, 0.15) is 5.69 Å². The Balaban J connectivity index is 3.29. The minimum atomic E-state index is -4.62. The summed E-state index contributed by atoms with van der Waals surface area (Å²) in [4.78, 5) is 20.4. The molecule has 0 aliphatic carbocycles. The molecule has 92 valence electrons. The van der Waals surface area contributed by atoms with Gasteiger partial charge in [0.25, 0.3) is 5.69 Å². The molecule has 5 nitrogen and oxygen atoms in total. The lowest BCUT2D eigenvalue weighted by Crippen LogP contribution is -2.11. The molecule has 17 heavy (non-hydrogen) atoms. The van der Waals surface area contributed by atoms with Crippen LogP contribution in [0.25, 0.3) is 0 Å². The maximum absolute atomic E-state index is 12.4. The number of benzene rings is 1. The van der Waals surface area contributed by atoms with E-state index in [-0.39, 0.29) is 0 Å². The second-order valence-electron chi connectivity index (χ2n) is 3.17. The first-order valence-corrected chi connectivity index (χ1v) is 4.35. The quantitative estimate of drug-likeness (QED) is 0.645. The number of rotatable bonds is 2. The molecule has 0 saturated heterocycles. The van der Waals surface area contributed by atoms with Crippen LogP contribution in [0.2, 0.25) is 0 Å². The number of hydrogen-bond donors (Lipinski definition) is 1. The summed E-state index contributed by atoms with van der Waals surface area (Å²) in [7, 11) is 0. The average molecular weight is 248 g/mol. The zero-order chi connectivity index (χ0) is 13.2. The predicted molar refractivity (Wildman–Crippen MR) is 52.4 cm³/mol. The molecule has 1 N–H and O–H groups in total. The highest BCUT2D eigenvalue weighted by molar-refractivity contribution is 5.91. The van der Waals surface area contributed by atoms with Crippen molar-refractivity contribution in [3.8, 4) is 0 Å². The van der Waals surface area contributed by atoms with Gasteiger partial charge in [-0.3, -0.25) is 14.9 Å². The number of amides is 1. The van der Waals surface area contributed by atoms with Crippen molar-refractivity contribution in [1.29, 1.82) is 0 Å². The Labute approximate surface area is 93.4 Å². The minimum Gasteiger partial charge on any atom is -0.321 e. The monoisotopic (exact) mass is 248 g/mol. The fraction of sp³-hybridized carbons (Fsp3) is 0.222. The van der Waals surface area contributed by atoms with Gasteiger partial charge >= 0.3 is 6.18 Å². The van der Waals surface area contributed by atoms with E-state index in [0.717, 1.165) is 6.92 Å². The molecular formula is C9H7F3N2O3. The summed E-state index contributed by atoms with van der Waals surface area (Å²) in [5.74, 6) is -0.688. The van der Waals surface area contributed by atoms with Gasteiger partial charge in [0.15, 0.2) is 0 Å². The van der Waals surface area contributed by atoms with E-state index in [4.69, 9.17) is 0 Å². The average Bonchev–Trinajstić information content (AvgIpc) is 2.14. The van der Waals surface area contributed by atoms with Crippen LogP contribution in [0.4, 0.5) is 24.5 Å². The van der Waals surface area contributed by atoms with E-state index in [9.17, 15) is 28.1 Å². The highest BCUT2D eigenvalue weighted by Crippen LogP contribution is 2.34. The molecule has 0 bridgehead atoms. The standard InChI is InChI=1S/C9H7F3N2O3/c1-5(15)13-7-4-6(9(10,11)12)2-3-8(7)14(16)17/h2-4H,1H3,(H,13,15). The highest BCUT2D eigenvalue weighted by atomic mass is 19.4. The molecule has 1 amide bonds. The van der Waals surface area contributed by atoms with Crippen molar-refractivity contribution in [2.24, 2.45) is 0 Å². The Morgan fingerprint density at radius 3 is 2.41 bits per heavy atom. The first kappa shape index (κ1) is 12.9. The van der Waals surface area contributed by atoms with Crippen LogP contribution in [0.15, 0.2) is 18.2 Å².